The van der Waals surface area contributed by atoms with E-state index in [2.05, 4.69) is 24.1 Å². The molecule has 1 aliphatic carbocycles. The number of hydrogen-bond donors (Lipinski definition) is 1. The predicted octanol–water partition coefficient (Wildman–Crippen LogP) is 1.27. The van der Waals surface area contributed by atoms with Crippen LogP contribution in [0.25, 0.3) is 0 Å². The van der Waals surface area contributed by atoms with E-state index in [1.807, 2.05) is 0 Å². The van der Waals surface area contributed by atoms with Crippen LogP contribution in [-0.2, 0) is 9.84 Å². The lowest BCUT2D eigenvalue weighted by atomic mass is 9.89. The topological polar surface area (TPSA) is 49.4 Å². The molecule has 0 spiro atoms. The maximum absolute atomic E-state index is 11.7. The smallest absolute Gasteiger partial charge is 0.151 e. The fourth-order valence-corrected chi connectivity index (χ4v) is 3.91. The van der Waals surface area contributed by atoms with E-state index in [0.717, 1.165) is 25.4 Å². The molecular formula is C14H28N2O2S. The molecule has 2 unspecified atom stereocenters. The Balaban J connectivity index is 2.03. The zero-order valence-corrected chi connectivity index (χ0v) is 13.3. The van der Waals surface area contributed by atoms with E-state index in [9.17, 15) is 8.42 Å². The molecule has 0 bridgehead atoms. The molecule has 2 rings (SSSR count). The first-order valence-corrected chi connectivity index (χ1v) is 9.42. The van der Waals surface area contributed by atoms with Crippen LogP contribution in [0.3, 0.4) is 0 Å². The lowest BCUT2D eigenvalue weighted by molar-refractivity contribution is 0.0398. The minimum Gasteiger partial charge on any atom is -0.311 e. The molecule has 0 aromatic carbocycles. The van der Waals surface area contributed by atoms with Gasteiger partial charge in [-0.3, -0.25) is 4.90 Å². The van der Waals surface area contributed by atoms with Crippen molar-refractivity contribution in [2.45, 2.75) is 51.6 Å². The van der Waals surface area contributed by atoms with E-state index >= 15 is 0 Å². The van der Waals surface area contributed by atoms with E-state index in [1.165, 1.54) is 12.8 Å². The third kappa shape index (κ3) is 3.50. The summed E-state index contributed by atoms with van der Waals surface area (Å²) in [7, 11) is -2.86. The average molecular weight is 288 g/mol. The van der Waals surface area contributed by atoms with Gasteiger partial charge in [-0.1, -0.05) is 13.8 Å². The second-order valence-corrected chi connectivity index (χ2v) is 8.77. The van der Waals surface area contributed by atoms with Gasteiger partial charge in [-0.2, -0.15) is 0 Å². The van der Waals surface area contributed by atoms with Gasteiger partial charge in [0.25, 0.3) is 0 Å². The molecule has 1 aliphatic heterocycles. The van der Waals surface area contributed by atoms with Gasteiger partial charge in [-0.05, 0) is 32.1 Å². The van der Waals surface area contributed by atoms with E-state index in [1.54, 1.807) is 6.92 Å². The molecule has 1 saturated heterocycles. The summed E-state index contributed by atoms with van der Waals surface area (Å²) in [5, 5.41) is 3.63. The Labute approximate surface area is 117 Å². The van der Waals surface area contributed by atoms with Crippen LogP contribution in [0.2, 0.25) is 0 Å². The Hall–Kier alpha value is -0.130. The van der Waals surface area contributed by atoms with Crippen molar-refractivity contribution >= 4 is 9.84 Å². The molecule has 1 saturated carbocycles. The number of hydrogen-bond acceptors (Lipinski definition) is 4. The van der Waals surface area contributed by atoms with Crippen molar-refractivity contribution in [3.05, 3.63) is 0 Å². The van der Waals surface area contributed by atoms with Gasteiger partial charge < -0.3 is 5.32 Å². The van der Waals surface area contributed by atoms with Gasteiger partial charge in [-0.25, -0.2) is 8.42 Å². The summed E-state index contributed by atoms with van der Waals surface area (Å²) >= 11 is 0. The molecule has 0 aromatic rings. The van der Waals surface area contributed by atoms with Crippen molar-refractivity contribution < 1.29 is 8.42 Å². The minimum absolute atomic E-state index is 0.162. The first kappa shape index (κ1) is 15.3. The van der Waals surface area contributed by atoms with E-state index < -0.39 is 9.84 Å². The van der Waals surface area contributed by atoms with Gasteiger partial charge in [0.1, 0.15) is 0 Å². The first-order valence-electron chi connectivity index (χ1n) is 7.60. The summed E-state index contributed by atoms with van der Waals surface area (Å²) in [6, 6.07) is 0.510. The molecule has 19 heavy (non-hydrogen) atoms. The molecule has 4 nitrogen and oxygen atoms in total. The predicted molar refractivity (Wildman–Crippen MR) is 79.1 cm³/mol. The van der Waals surface area contributed by atoms with Gasteiger partial charge in [0.2, 0.25) is 0 Å². The van der Waals surface area contributed by atoms with Crippen molar-refractivity contribution in [2.75, 3.05) is 31.1 Å². The van der Waals surface area contributed by atoms with Crippen molar-refractivity contribution in [3.63, 3.8) is 0 Å². The third-order valence-corrected chi connectivity index (χ3v) is 6.66. The highest BCUT2D eigenvalue weighted by Gasteiger charge is 2.47. The number of nitrogens with one attached hydrogen (secondary N) is 1. The zero-order chi connectivity index (χ0) is 14.1. The van der Waals surface area contributed by atoms with Crippen molar-refractivity contribution in [1.82, 2.24) is 10.2 Å². The highest BCUT2D eigenvalue weighted by molar-refractivity contribution is 7.91. The molecular weight excluding hydrogens is 260 g/mol. The monoisotopic (exact) mass is 288 g/mol. The third-order valence-electron chi connectivity index (χ3n) is 4.97. The van der Waals surface area contributed by atoms with Gasteiger partial charge in [0.05, 0.1) is 5.75 Å². The van der Waals surface area contributed by atoms with E-state index in [0.29, 0.717) is 18.3 Å². The Morgan fingerprint density at radius 1 is 1.32 bits per heavy atom. The second-order valence-electron chi connectivity index (χ2n) is 6.30. The van der Waals surface area contributed by atoms with Crippen molar-refractivity contribution in [3.8, 4) is 0 Å². The molecule has 0 amide bonds. The largest absolute Gasteiger partial charge is 0.311 e. The van der Waals surface area contributed by atoms with Crippen LogP contribution in [0.5, 0.6) is 0 Å². The maximum atomic E-state index is 11.7. The van der Waals surface area contributed by atoms with Crippen LogP contribution in [-0.4, -0.2) is 56.0 Å². The quantitative estimate of drug-likeness (QED) is 0.800. The molecule has 0 radical (unpaired) electrons. The molecule has 1 N–H and O–H groups in total. The van der Waals surface area contributed by atoms with Crippen LogP contribution in [0.15, 0.2) is 0 Å². The van der Waals surface area contributed by atoms with Crippen LogP contribution >= 0.6 is 0 Å². The summed E-state index contributed by atoms with van der Waals surface area (Å²) in [4.78, 5) is 2.45. The molecule has 0 aromatic heterocycles. The standard InChI is InChI=1S/C14H28N2O2S/c1-4-13-10-16(8-9-19(17,18)5-2)14(3,11-15-13)12-6-7-12/h12-13,15H,4-11H2,1-3H3. The molecule has 2 atom stereocenters. The maximum Gasteiger partial charge on any atom is 0.151 e. The summed E-state index contributed by atoms with van der Waals surface area (Å²) < 4.78 is 23.5. The molecule has 2 fully saturated rings. The lowest BCUT2D eigenvalue weighted by Crippen LogP contribution is -2.64. The SMILES string of the molecule is CCC1CN(CCS(=O)(=O)CC)C(C)(C2CC2)CN1. The number of piperazine rings is 1. The van der Waals surface area contributed by atoms with Gasteiger partial charge in [0.15, 0.2) is 9.84 Å². The van der Waals surface area contributed by atoms with Crippen LogP contribution < -0.4 is 5.32 Å². The summed E-state index contributed by atoms with van der Waals surface area (Å²) in [5.41, 5.74) is 0.162. The van der Waals surface area contributed by atoms with E-state index in [4.69, 9.17) is 0 Å². The minimum atomic E-state index is -2.86. The fourth-order valence-electron chi connectivity index (χ4n) is 3.12. The summed E-state index contributed by atoms with van der Waals surface area (Å²) in [5.74, 6) is 1.32. The van der Waals surface area contributed by atoms with Crippen LogP contribution in [0, 0.1) is 5.92 Å². The summed E-state index contributed by atoms with van der Waals surface area (Å²) in [6.45, 7) is 8.93. The Bertz CT molecular complexity index is 406. The van der Waals surface area contributed by atoms with Gasteiger partial charge in [-0.15, -0.1) is 0 Å². The summed E-state index contributed by atoms with van der Waals surface area (Å²) in [6.07, 6.45) is 3.70. The number of rotatable bonds is 6. The average Bonchev–Trinajstić information content (AvgIpc) is 3.22. The lowest BCUT2D eigenvalue weighted by Gasteiger charge is -2.48. The normalized spacial score (nSPS) is 33.5. The number of sulfone groups is 1. The second kappa shape index (κ2) is 5.70. The zero-order valence-electron chi connectivity index (χ0n) is 12.5. The highest BCUT2D eigenvalue weighted by atomic mass is 32.2. The van der Waals surface area contributed by atoms with Crippen LogP contribution in [0.1, 0.15) is 40.0 Å². The molecule has 1 heterocycles. The van der Waals surface area contributed by atoms with Gasteiger partial charge >= 0.3 is 0 Å². The van der Waals surface area contributed by atoms with Crippen molar-refractivity contribution in [2.24, 2.45) is 5.92 Å². The van der Waals surface area contributed by atoms with E-state index in [-0.39, 0.29) is 11.3 Å². The number of nitrogens with zero attached hydrogens (tertiary/aromatic N) is 1. The molecule has 112 valence electrons. The Morgan fingerprint density at radius 2 is 2.00 bits per heavy atom. The Kier molecular flexibility index (Phi) is 4.58. The highest BCUT2D eigenvalue weighted by Crippen LogP contribution is 2.44. The molecule has 2 aliphatic rings. The Morgan fingerprint density at radius 3 is 2.53 bits per heavy atom. The van der Waals surface area contributed by atoms with Gasteiger partial charge in [0, 0.05) is 37.0 Å². The first-order chi connectivity index (χ1) is 8.91. The molecule has 5 heteroatoms. The van der Waals surface area contributed by atoms with Crippen molar-refractivity contribution in [1.29, 1.82) is 0 Å². The van der Waals surface area contributed by atoms with Crippen LogP contribution in [0.4, 0.5) is 0 Å². The fraction of sp³-hybridized carbons (Fsp3) is 1.00.